The number of nitrogens with one attached hydrogen (secondary N) is 1. The van der Waals surface area contributed by atoms with Gasteiger partial charge in [-0.25, -0.2) is 4.98 Å². The van der Waals surface area contributed by atoms with Gasteiger partial charge in [0.2, 0.25) is 0 Å². The lowest BCUT2D eigenvalue weighted by Crippen LogP contribution is -2.41. The molecule has 8 nitrogen and oxygen atoms in total. The number of hydrogen-bond donors (Lipinski definition) is 1. The molecule has 1 N–H and O–H groups in total. The monoisotopic (exact) mass is 493 g/mol. The molecular formula is C24H20ClN5O3S. The fourth-order valence-corrected chi connectivity index (χ4v) is 4.65. The summed E-state index contributed by atoms with van der Waals surface area (Å²) in [4.78, 5) is 35.7. The second kappa shape index (κ2) is 9.76. The number of benzene rings is 1. The third-order valence-electron chi connectivity index (χ3n) is 5.35. The summed E-state index contributed by atoms with van der Waals surface area (Å²) in [6, 6.07) is 14.9. The predicted molar refractivity (Wildman–Crippen MR) is 130 cm³/mol. The Morgan fingerprint density at radius 1 is 1.09 bits per heavy atom. The van der Waals surface area contributed by atoms with E-state index in [1.54, 1.807) is 29.4 Å². The molecule has 1 fully saturated rings. The molecule has 0 atom stereocenters. The van der Waals surface area contributed by atoms with Gasteiger partial charge in [0.05, 0.1) is 28.1 Å². The van der Waals surface area contributed by atoms with Crippen molar-refractivity contribution in [1.29, 1.82) is 0 Å². The van der Waals surface area contributed by atoms with Gasteiger partial charge >= 0.3 is 0 Å². The molecule has 0 saturated carbocycles. The Bertz CT molecular complexity index is 1320. The third-order valence-corrected chi connectivity index (χ3v) is 6.58. The van der Waals surface area contributed by atoms with Crippen LogP contribution in [0.2, 0.25) is 4.34 Å². The Kier molecular flexibility index (Phi) is 6.39. The molecule has 0 bridgehead atoms. The fraction of sp³-hybridized carbons (Fsp3) is 0.167. The van der Waals surface area contributed by atoms with Crippen molar-refractivity contribution in [2.24, 2.45) is 0 Å². The Morgan fingerprint density at radius 2 is 1.85 bits per heavy atom. The standard InChI is InChI=1S/C24H20ClN5O3S/c25-21-6-5-20(34-21)24(32)27-13-17-14-30(23(28-17)16-7-9-26-10-8-16)19-3-1-18(2-4-19)29-11-12-33-15-22(29)31/h1-10,14H,11-13,15H2,(H,27,32). The van der Waals surface area contributed by atoms with E-state index in [0.29, 0.717) is 28.1 Å². The molecule has 0 aliphatic carbocycles. The zero-order valence-corrected chi connectivity index (χ0v) is 19.6. The molecule has 0 unspecified atom stereocenters. The minimum Gasteiger partial charge on any atom is -0.370 e. The van der Waals surface area contributed by atoms with Gasteiger partial charge in [0.1, 0.15) is 12.4 Å². The highest BCUT2D eigenvalue weighted by molar-refractivity contribution is 7.18. The summed E-state index contributed by atoms with van der Waals surface area (Å²) in [6.07, 6.45) is 5.32. The van der Waals surface area contributed by atoms with E-state index in [4.69, 9.17) is 21.3 Å². The van der Waals surface area contributed by atoms with Crippen molar-refractivity contribution in [1.82, 2.24) is 19.9 Å². The first-order valence-corrected chi connectivity index (χ1v) is 11.8. The van der Waals surface area contributed by atoms with Gasteiger partial charge < -0.3 is 15.0 Å². The molecule has 5 rings (SSSR count). The molecule has 10 heteroatoms. The van der Waals surface area contributed by atoms with E-state index in [0.717, 1.165) is 22.8 Å². The number of thiophene rings is 1. The largest absolute Gasteiger partial charge is 0.370 e. The van der Waals surface area contributed by atoms with Crippen molar-refractivity contribution in [3.63, 3.8) is 0 Å². The summed E-state index contributed by atoms with van der Waals surface area (Å²) in [5.41, 5.74) is 3.30. The number of anilines is 1. The van der Waals surface area contributed by atoms with Crippen LogP contribution in [0.3, 0.4) is 0 Å². The summed E-state index contributed by atoms with van der Waals surface area (Å²) in [6.45, 7) is 1.42. The lowest BCUT2D eigenvalue weighted by Gasteiger charge is -2.27. The number of halogens is 1. The average molecular weight is 494 g/mol. The van der Waals surface area contributed by atoms with Gasteiger partial charge in [0.15, 0.2) is 0 Å². The van der Waals surface area contributed by atoms with E-state index in [1.165, 1.54) is 11.3 Å². The van der Waals surface area contributed by atoms with E-state index in [1.807, 2.05) is 47.2 Å². The summed E-state index contributed by atoms with van der Waals surface area (Å²) in [5.74, 6) is 0.474. The maximum absolute atomic E-state index is 12.4. The Balaban J connectivity index is 1.42. The first kappa shape index (κ1) is 22.3. The van der Waals surface area contributed by atoms with Crippen LogP contribution in [0.1, 0.15) is 15.4 Å². The molecule has 2 amide bonds. The van der Waals surface area contributed by atoms with Gasteiger partial charge in [-0.3, -0.25) is 19.1 Å². The lowest BCUT2D eigenvalue weighted by atomic mass is 10.2. The average Bonchev–Trinajstić information content (AvgIpc) is 3.50. The van der Waals surface area contributed by atoms with Crippen molar-refractivity contribution >= 4 is 40.4 Å². The topological polar surface area (TPSA) is 89.4 Å². The Morgan fingerprint density at radius 3 is 2.56 bits per heavy atom. The van der Waals surface area contributed by atoms with E-state index in [2.05, 4.69) is 10.3 Å². The lowest BCUT2D eigenvalue weighted by molar-refractivity contribution is -0.125. The summed E-state index contributed by atoms with van der Waals surface area (Å²) < 4.78 is 7.75. The second-order valence-corrected chi connectivity index (χ2v) is 9.28. The molecule has 1 aromatic carbocycles. The number of carbonyl (C=O) groups excluding carboxylic acids is 2. The van der Waals surface area contributed by atoms with Crippen LogP contribution < -0.4 is 10.2 Å². The van der Waals surface area contributed by atoms with Gasteiger partial charge in [-0.15, -0.1) is 11.3 Å². The minimum absolute atomic E-state index is 0.0517. The molecular weight excluding hydrogens is 474 g/mol. The van der Waals surface area contributed by atoms with Crippen molar-refractivity contribution < 1.29 is 14.3 Å². The molecule has 1 saturated heterocycles. The van der Waals surface area contributed by atoms with Crippen LogP contribution in [0.5, 0.6) is 0 Å². The maximum Gasteiger partial charge on any atom is 0.261 e. The molecule has 0 spiro atoms. The van der Waals surface area contributed by atoms with Gasteiger partial charge in [0.25, 0.3) is 11.8 Å². The molecule has 1 aliphatic heterocycles. The number of nitrogens with zero attached hydrogens (tertiary/aromatic N) is 4. The zero-order valence-electron chi connectivity index (χ0n) is 18.0. The molecule has 4 aromatic rings. The van der Waals surface area contributed by atoms with Crippen LogP contribution in [0, 0.1) is 0 Å². The number of rotatable bonds is 6. The van der Waals surface area contributed by atoms with Crippen LogP contribution in [0.4, 0.5) is 5.69 Å². The highest BCUT2D eigenvalue weighted by Crippen LogP contribution is 2.26. The first-order chi connectivity index (χ1) is 16.6. The number of hydrogen-bond acceptors (Lipinski definition) is 6. The number of amides is 2. The number of imidazole rings is 1. The SMILES string of the molecule is O=C(NCc1cn(-c2ccc(N3CCOCC3=O)cc2)c(-c2ccncc2)n1)c1ccc(Cl)s1. The smallest absolute Gasteiger partial charge is 0.261 e. The van der Waals surface area contributed by atoms with Crippen molar-refractivity contribution in [3.05, 3.63) is 82.0 Å². The van der Waals surface area contributed by atoms with Crippen LogP contribution >= 0.6 is 22.9 Å². The second-order valence-electron chi connectivity index (χ2n) is 7.56. The Hall–Kier alpha value is -3.53. The maximum atomic E-state index is 12.4. The quantitative estimate of drug-likeness (QED) is 0.439. The van der Waals surface area contributed by atoms with E-state index in [9.17, 15) is 9.59 Å². The van der Waals surface area contributed by atoms with E-state index < -0.39 is 0 Å². The number of ether oxygens (including phenoxy) is 1. The van der Waals surface area contributed by atoms with Crippen molar-refractivity contribution in [2.75, 3.05) is 24.7 Å². The van der Waals surface area contributed by atoms with Crippen LogP contribution in [0.15, 0.2) is 67.1 Å². The third kappa shape index (κ3) is 4.72. The van der Waals surface area contributed by atoms with Gasteiger partial charge in [0, 0.05) is 42.1 Å². The highest BCUT2D eigenvalue weighted by Gasteiger charge is 2.20. The predicted octanol–water partition coefficient (Wildman–Crippen LogP) is 3.94. The molecule has 3 aromatic heterocycles. The highest BCUT2D eigenvalue weighted by atomic mass is 35.5. The Labute approximate surface area is 204 Å². The van der Waals surface area contributed by atoms with Crippen LogP contribution in [-0.4, -0.2) is 46.1 Å². The number of pyridine rings is 1. The summed E-state index contributed by atoms with van der Waals surface area (Å²) in [7, 11) is 0. The molecule has 34 heavy (non-hydrogen) atoms. The minimum atomic E-state index is -0.198. The number of aromatic nitrogens is 3. The van der Waals surface area contributed by atoms with Crippen molar-refractivity contribution in [2.45, 2.75) is 6.54 Å². The first-order valence-electron chi connectivity index (χ1n) is 10.6. The summed E-state index contributed by atoms with van der Waals surface area (Å²) >= 11 is 7.17. The summed E-state index contributed by atoms with van der Waals surface area (Å²) in [5, 5.41) is 2.90. The van der Waals surface area contributed by atoms with Crippen LogP contribution in [-0.2, 0) is 16.1 Å². The van der Waals surface area contributed by atoms with Gasteiger partial charge in [-0.1, -0.05) is 11.6 Å². The van der Waals surface area contributed by atoms with E-state index in [-0.39, 0.29) is 25.0 Å². The normalized spacial score (nSPS) is 13.8. The van der Waals surface area contributed by atoms with Gasteiger partial charge in [-0.2, -0.15) is 0 Å². The number of carbonyl (C=O) groups is 2. The molecule has 1 aliphatic rings. The zero-order chi connectivity index (χ0) is 23.5. The van der Waals surface area contributed by atoms with Crippen LogP contribution in [0.25, 0.3) is 17.1 Å². The number of morpholine rings is 1. The fourth-order valence-electron chi connectivity index (χ4n) is 3.69. The van der Waals surface area contributed by atoms with Crippen molar-refractivity contribution in [3.8, 4) is 17.1 Å². The molecule has 172 valence electrons. The molecule has 4 heterocycles. The molecule has 0 radical (unpaired) electrons. The van der Waals surface area contributed by atoms with Gasteiger partial charge in [-0.05, 0) is 48.5 Å². The van der Waals surface area contributed by atoms with E-state index >= 15 is 0 Å².